The van der Waals surface area contributed by atoms with Crippen LogP contribution in [-0.4, -0.2) is 18.5 Å². The number of nitrogens with one attached hydrogen (secondary N) is 2. The first-order chi connectivity index (χ1) is 7.99. The average molecular weight is 233 g/mol. The second-order valence-electron chi connectivity index (χ2n) is 3.71. The fourth-order valence-electron chi connectivity index (χ4n) is 1.18. The molecular weight excluding hydrogens is 218 g/mol. The van der Waals surface area contributed by atoms with E-state index in [-0.39, 0.29) is 5.91 Å². The molecule has 5 heteroatoms. The van der Waals surface area contributed by atoms with E-state index in [0.29, 0.717) is 17.8 Å². The average Bonchev–Trinajstić information content (AvgIpc) is 2.26. The van der Waals surface area contributed by atoms with Crippen molar-refractivity contribution in [2.75, 3.05) is 11.9 Å². The van der Waals surface area contributed by atoms with Gasteiger partial charge in [-0.3, -0.25) is 4.79 Å². The Morgan fingerprint density at radius 2 is 1.88 bits per heavy atom. The zero-order valence-electron chi connectivity index (χ0n) is 9.62. The largest absolute Gasteiger partial charge is 0.351 e. The van der Waals surface area contributed by atoms with Crippen LogP contribution in [0.25, 0.3) is 0 Å². The van der Waals surface area contributed by atoms with E-state index in [1.54, 1.807) is 24.3 Å². The Morgan fingerprint density at radius 3 is 2.35 bits per heavy atom. The van der Waals surface area contributed by atoms with Crippen LogP contribution in [0.1, 0.15) is 17.3 Å². The molecular formula is C12H15N3O2. The summed E-state index contributed by atoms with van der Waals surface area (Å²) in [4.78, 5) is 22.2. The fourth-order valence-corrected chi connectivity index (χ4v) is 1.18. The molecule has 17 heavy (non-hydrogen) atoms. The number of anilines is 1. The van der Waals surface area contributed by atoms with Crippen LogP contribution in [0, 0.1) is 0 Å². The van der Waals surface area contributed by atoms with Crippen molar-refractivity contribution in [1.29, 1.82) is 0 Å². The van der Waals surface area contributed by atoms with E-state index in [2.05, 4.69) is 17.2 Å². The summed E-state index contributed by atoms with van der Waals surface area (Å²) in [5, 5.41) is 5.12. The molecule has 5 nitrogen and oxygen atoms in total. The molecule has 0 bridgehead atoms. The molecule has 1 aromatic rings. The number of carbonyl (C=O) groups excluding carboxylic acids is 2. The maximum absolute atomic E-state index is 11.6. The lowest BCUT2D eigenvalue weighted by Crippen LogP contribution is -2.25. The standard InChI is InChI=1S/C12H15N3O2/c1-8(2)7-14-11(16)9-3-5-10(6-4-9)15-12(13)17/h3-6H,1,7H2,2H3,(H,14,16)(H3,13,15,17). The maximum atomic E-state index is 11.6. The Kier molecular flexibility index (Phi) is 4.28. The van der Waals surface area contributed by atoms with E-state index in [9.17, 15) is 9.59 Å². The first kappa shape index (κ1) is 12.8. The number of rotatable bonds is 4. The highest BCUT2D eigenvalue weighted by Crippen LogP contribution is 2.09. The normalized spacial score (nSPS) is 9.47. The monoisotopic (exact) mass is 233 g/mol. The summed E-state index contributed by atoms with van der Waals surface area (Å²) < 4.78 is 0. The van der Waals surface area contributed by atoms with Gasteiger partial charge in [-0.1, -0.05) is 12.2 Å². The quantitative estimate of drug-likeness (QED) is 0.688. The SMILES string of the molecule is C=C(C)CNC(=O)c1ccc(NC(N)=O)cc1. The van der Waals surface area contributed by atoms with Gasteiger partial charge >= 0.3 is 6.03 Å². The molecule has 1 rings (SSSR count). The Bertz CT molecular complexity index is 438. The zero-order chi connectivity index (χ0) is 12.8. The van der Waals surface area contributed by atoms with Gasteiger partial charge in [0.2, 0.25) is 0 Å². The summed E-state index contributed by atoms with van der Waals surface area (Å²) in [6.45, 7) is 5.97. The molecule has 0 aliphatic rings. The van der Waals surface area contributed by atoms with Gasteiger partial charge in [0.15, 0.2) is 0 Å². The predicted molar refractivity (Wildman–Crippen MR) is 66.8 cm³/mol. The molecule has 0 radical (unpaired) electrons. The maximum Gasteiger partial charge on any atom is 0.316 e. The topological polar surface area (TPSA) is 84.2 Å². The van der Waals surface area contributed by atoms with Crippen LogP contribution in [0.15, 0.2) is 36.4 Å². The summed E-state index contributed by atoms with van der Waals surface area (Å²) in [5.41, 5.74) is 6.91. The summed E-state index contributed by atoms with van der Waals surface area (Å²) >= 11 is 0. The molecule has 0 atom stereocenters. The van der Waals surface area contributed by atoms with E-state index in [1.165, 1.54) is 0 Å². The van der Waals surface area contributed by atoms with Crippen LogP contribution in [0.3, 0.4) is 0 Å². The van der Waals surface area contributed by atoms with Crippen molar-refractivity contribution in [2.24, 2.45) is 5.73 Å². The molecule has 4 N–H and O–H groups in total. The van der Waals surface area contributed by atoms with Gasteiger partial charge in [-0.25, -0.2) is 4.79 Å². The summed E-state index contributed by atoms with van der Waals surface area (Å²) in [6.07, 6.45) is 0. The minimum absolute atomic E-state index is 0.182. The second kappa shape index (κ2) is 5.69. The predicted octanol–water partition coefficient (Wildman–Crippen LogP) is 1.48. The van der Waals surface area contributed by atoms with Crippen molar-refractivity contribution in [3.63, 3.8) is 0 Å². The summed E-state index contributed by atoms with van der Waals surface area (Å²) in [7, 11) is 0. The van der Waals surface area contributed by atoms with Gasteiger partial charge in [-0.15, -0.1) is 0 Å². The molecule has 0 spiro atoms. The zero-order valence-corrected chi connectivity index (χ0v) is 9.62. The minimum atomic E-state index is -0.635. The van der Waals surface area contributed by atoms with Crippen molar-refractivity contribution in [2.45, 2.75) is 6.92 Å². The van der Waals surface area contributed by atoms with Crippen molar-refractivity contribution < 1.29 is 9.59 Å². The molecule has 1 aromatic carbocycles. The van der Waals surface area contributed by atoms with E-state index in [0.717, 1.165) is 5.57 Å². The van der Waals surface area contributed by atoms with Crippen LogP contribution in [0.2, 0.25) is 0 Å². The Hall–Kier alpha value is -2.30. The van der Waals surface area contributed by atoms with Crippen LogP contribution >= 0.6 is 0 Å². The van der Waals surface area contributed by atoms with Crippen LogP contribution in [-0.2, 0) is 0 Å². The van der Waals surface area contributed by atoms with E-state index in [4.69, 9.17) is 5.73 Å². The molecule has 3 amide bonds. The highest BCUT2D eigenvalue weighted by molar-refractivity contribution is 5.95. The highest BCUT2D eigenvalue weighted by atomic mass is 16.2. The van der Waals surface area contributed by atoms with Crippen LogP contribution < -0.4 is 16.4 Å². The van der Waals surface area contributed by atoms with Crippen molar-refractivity contribution >= 4 is 17.6 Å². The third-order valence-corrected chi connectivity index (χ3v) is 1.97. The number of carbonyl (C=O) groups is 2. The highest BCUT2D eigenvalue weighted by Gasteiger charge is 2.04. The lowest BCUT2D eigenvalue weighted by molar-refractivity contribution is 0.0957. The second-order valence-corrected chi connectivity index (χ2v) is 3.71. The van der Waals surface area contributed by atoms with E-state index >= 15 is 0 Å². The molecule has 0 aliphatic heterocycles. The molecule has 0 saturated heterocycles. The van der Waals surface area contributed by atoms with Gasteiger partial charge in [-0.2, -0.15) is 0 Å². The lowest BCUT2D eigenvalue weighted by atomic mass is 10.2. The number of urea groups is 1. The lowest BCUT2D eigenvalue weighted by Gasteiger charge is -2.06. The van der Waals surface area contributed by atoms with Gasteiger partial charge in [0.05, 0.1) is 0 Å². The number of primary amides is 1. The van der Waals surface area contributed by atoms with Crippen molar-refractivity contribution in [3.8, 4) is 0 Å². The van der Waals surface area contributed by atoms with Crippen molar-refractivity contribution in [1.82, 2.24) is 5.32 Å². The van der Waals surface area contributed by atoms with Crippen molar-refractivity contribution in [3.05, 3.63) is 42.0 Å². The number of hydrogen-bond donors (Lipinski definition) is 3. The molecule has 0 heterocycles. The summed E-state index contributed by atoms with van der Waals surface area (Å²) in [6, 6.07) is 5.81. The molecule has 90 valence electrons. The smallest absolute Gasteiger partial charge is 0.316 e. The Balaban J connectivity index is 2.63. The van der Waals surface area contributed by atoms with Gasteiger partial charge in [0.25, 0.3) is 5.91 Å². The van der Waals surface area contributed by atoms with Gasteiger partial charge in [0, 0.05) is 17.8 Å². The fraction of sp³-hybridized carbons (Fsp3) is 0.167. The summed E-state index contributed by atoms with van der Waals surface area (Å²) in [5.74, 6) is -0.182. The minimum Gasteiger partial charge on any atom is -0.351 e. The number of hydrogen-bond acceptors (Lipinski definition) is 2. The third kappa shape index (κ3) is 4.38. The van der Waals surface area contributed by atoms with E-state index < -0.39 is 6.03 Å². The van der Waals surface area contributed by atoms with Gasteiger partial charge in [0.1, 0.15) is 0 Å². The Labute approximate surface area is 99.7 Å². The number of benzene rings is 1. The van der Waals surface area contributed by atoms with Gasteiger partial charge < -0.3 is 16.4 Å². The molecule has 0 fully saturated rings. The van der Waals surface area contributed by atoms with E-state index in [1.807, 2.05) is 6.92 Å². The first-order valence-corrected chi connectivity index (χ1v) is 5.08. The molecule has 0 aliphatic carbocycles. The molecule has 0 unspecified atom stereocenters. The Morgan fingerprint density at radius 1 is 1.29 bits per heavy atom. The number of nitrogens with two attached hydrogens (primary N) is 1. The third-order valence-electron chi connectivity index (χ3n) is 1.97. The molecule has 0 aromatic heterocycles. The van der Waals surface area contributed by atoms with Crippen LogP contribution in [0.5, 0.6) is 0 Å². The van der Waals surface area contributed by atoms with Gasteiger partial charge in [-0.05, 0) is 31.2 Å². The first-order valence-electron chi connectivity index (χ1n) is 5.08. The molecule has 0 saturated carbocycles. The number of amides is 3. The van der Waals surface area contributed by atoms with Crippen LogP contribution in [0.4, 0.5) is 10.5 Å².